The highest BCUT2D eigenvalue weighted by Gasteiger charge is 2.79. The monoisotopic (exact) mass is 867 g/mol. The second kappa shape index (κ2) is 12.4. The zero-order valence-electron chi connectivity index (χ0n) is 40.2. The Morgan fingerprint density at radius 1 is 0.603 bits per heavy atom. The third-order valence-corrected chi connectivity index (χ3v) is 23.8. The maximum atomic E-state index is 14.8. The Morgan fingerprint density at radius 3 is 1.73 bits per heavy atom. The highest BCUT2D eigenvalue weighted by atomic mass is 16.7. The van der Waals surface area contributed by atoms with Crippen LogP contribution in [0.2, 0.25) is 0 Å². The Bertz CT molecular complexity index is 2170. The number of aliphatic hydroxyl groups excluding tert-OH is 1. The van der Waals surface area contributed by atoms with Crippen LogP contribution < -0.4 is 0 Å². The molecule has 4 saturated heterocycles. The zero-order valence-corrected chi connectivity index (χ0v) is 40.2. The highest BCUT2D eigenvalue weighted by Crippen LogP contribution is 2.74. The summed E-state index contributed by atoms with van der Waals surface area (Å²) in [7, 11) is 0. The van der Waals surface area contributed by atoms with Crippen molar-refractivity contribution in [3.8, 4) is 0 Å². The third-order valence-electron chi connectivity index (χ3n) is 23.8. The van der Waals surface area contributed by atoms with Crippen molar-refractivity contribution in [3.05, 3.63) is 22.8 Å². The lowest BCUT2D eigenvalue weighted by Crippen LogP contribution is -2.59. The Kier molecular flexibility index (Phi) is 8.20. The van der Waals surface area contributed by atoms with Gasteiger partial charge in [-0.1, -0.05) is 34.6 Å². The number of hydrogen-bond acceptors (Lipinski definition) is 9. The van der Waals surface area contributed by atoms with E-state index in [1.54, 1.807) is 0 Å². The van der Waals surface area contributed by atoms with E-state index in [1.807, 2.05) is 6.92 Å². The van der Waals surface area contributed by atoms with Gasteiger partial charge in [0.1, 0.15) is 5.78 Å². The lowest BCUT2D eigenvalue weighted by Gasteiger charge is -2.62. The van der Waals surface area contributed by atoms with Crippen molar-refractivity contribution in [1.82, 2.24) is 9.97 Å². The molecule has 0 unspecified atom stereocenters. The van der Waals surface area contributed by atoms with Crippen LogP contribution in [0.4, 0.5) is 0 Å². The number of aliphatic hydroxyl groups is 2. The van der Waals surface area contributed by atoms with Gasteiger partial charge in [-0.05, 0) is 170 Å². The molecule has 21 atom stereocenters. The summed E-state index contributed by atoms with van der Waals surface area (Å²) in [5.74, 6) is 2.51. The fourth-order valence-electron chi connectivity index (χ4n) is 20.7. The zero-order chi connectivity index (χ0) is 44.0. The second-order valence-electron chi connectivity index (χ2n) is 27.0. The van der Waals surface area contributed by atoms with Crippen molar-refractivity contribution in [3.63, 3.8) is 0 Å². The Balaban J connectivity index is 0.755. The van der Waals surface area contributed by atoms with E-state index < -0.39 is 22.6 Å². The van der Waals surface area contributed by atoms with Gasteiger partial charge in [-0.2, -0.15) is 0 Å². The number of nitrogens with zero attached hydrogens (tertiary/aromatic N) is 2. The summed E-state index contributed by atoms with van der Waals surface area (Å²) in [5.41, 5.74) is 2.37. The first-order valence-corrected chi connectivity index (χ1v) is 26.1. The number of carbonyl (C=O) groups excluding carboxylic acids is 1. The van der Waals surface area contributed by atoms with E-state index in [0.29, 0.717) is 48.3 Å². The van der Waals surface area contributed by atoms with Gasteiger partial charge in [0.25, 0.3) is 0 Å². The molecule has 3 spiro atoms. The molecule has 0 bridgehead atoms. The predicted octanol–water partition coefficient (Wildman–Crippen LogP) is 8.75. The molecule has 10 fully saturated rings. The smallest absolute Gasteiger partial charge is 0.172 e. The van der Waals surface area contributed by atoms with Crippen molar-refractivity contribution < 1.29 is 34.0 Å². The molecule has 0 radical (unpaired) electrons. The Labute approximate surface area is 376 Å². The maximum absolute atomic E-state index is 14.8. The summed E-state index contributed by atoms with van der Waals surface area (Å²) in [6, 6.07) is 0. The van der Waals surface area contributed by atoms with E-state index in [2.05, 4.69) is 62.3 Å². The number of carbonyl (C=O) groups is 1. The van der Waals surface area contributed by atoms with Crippen LogP contribution >= 0.6 is 0 Å². The molecule has 346 valence electrons. The predicted molar refractivity (Wildman–Crippen MR) is 236 cm³/mol. The van der Waals surface area contributed by atoms with Gasteiger partial charge in [-0.15, -0.1) is 0 Å². The van der Waals surface area contributed by atoms with Crippen LogP contribution in [0.5, 0.6) is 0 Å². The maximum Gasteiger partial charge on any atom is 0.172 e. The van der Waals surface area contributed by atoms with Crippen molar-refractivity contribution in [2.45, 2.75) is 219 Å². The molecule has 0 aromatic carbocycles. The molecule has 4 aliphatic heterocycles. The Hall–Kier alpha value is -1.49. The molecule has 9 nitrogen and oxygen atoms in total. The van der Waals surface area contributed by atoms with Gasteiger partial charge in [0.2, 0.25) is 0 Å². The summed E-state index contributed by atoms with van der Waals surface area (Å²) >= 11 is 0. The fraction of sp³-hybridized carbons (Fsp3) is 0.907. The van der Waals surface area contributed by atoms with Crippen molar-refractivity contribution >= 4 is 5.78 Å². The molecule has 63 heavy (non-hydrogen) atoms. The SMILES string of the molecule is C[C@H]1[C@H]2[C@H](C[C@@H]3[C@@H]4CC[C@H]5Cc6nc7c(nc6C[C@]5(C)[C@H]4C[C@@H](O)[C@]23C)C[C@@H]2CC[C@@H]3[C@H](CC(=O)[C@]34C[C@@H]3O[C@]5(CCC(C)(C)O5)[C@@H](C)[C@@H]3[C@]4(C)O)[C@@]2(C)C7)O[C@@]12CCC(C)(C)O2. The third kappa shape index (κ3) is 4.95. The largest absolute Gasteiger partial charge is 0.393 e. The van der Waals surface area contributed by atoms with E-state index >= 15 is 0 Å². The number of fused-ring (bicyclic) bond motifs is 14. The van der Waals surface area contributed by atoms with Gasteiger partial charge >= 0.3 is 0 Å². The number of rotatable bonds is 0. The molecular weight excluding hydrogens is 789 g/mol. The van der Waals surface area contributed by atoms with Crippen LogP contribution in [0.1, 0.15) is 169 Å². The molecule has 6 saturated carbocycles. The molecule has 8 aliphatic carbocycles. The van der Waals surface area contributed by atoms with Gasteiger partial charge in [0.05, 0.1) is 63.3 Å². The van der Waals surface area contributed by atoms with Crippen LogP contribution in [0, 0.1) is 86.8 Å². The van der Waals surface area contributed by atoms with Crippen molar-refractivity contribution in [2.24, 2.45) is 86.8 Å². The number of ether oxygens (including phenoxy) is 4. The fourth-order valence-corrected chi connectivity index (χ4v) is 20.7. The lowest BCUT2D eigenvalue weighted by atomic mass is 9.44. The minimum absolute atomic E-state index is 0.0225. The molecule has 9 heteroatoms. The van der Waals surface area contributed by atoms with Gasteiger partial charge in [-0.25, -0.2) is 0 Å². The highest BCUT2D eigenvalue weighted by molar-refractivity contribution is 5.90. The first-order valence-electron chi connectivity index (χ1n) is 26.1. The summed E-state index contributed by atoms with van der Waals surface area (Å²) in [4.78, 5) is 26.1. The summed E-state index contributed by atoms with van der Waals surface area (Å²) < 4.78 is 27.4. The summed E-state index contributed by atoms with van der Waals surface area (Å²) in [6.45, 7) is 22.8. The number of Topliss-reactive ketones (excluding diaryl/α,β-unsaturated/α-hetero) is 1. The lowest BCUT2D eigenvalue weighted by molar-refractivity contribution is -0.257. The van der Waals surface area contributed by atoms with E-state index in [1.165, 1.54) is 35.6 Å². The molecule has 1 aromatic rings. The standard InChI is InChI=1S/C54H78N2O7/c1-27-44-40(60-53(27)17-15-46(3,4)62-53)21-34-31-13-11-29-19-36-38(24-48(29,7)33(31)22-42(57)50(34,44)9)55-37-20-30-12-14-32-35(49(30,8)25-39(37)56-36)23-43(58)52(32)26-41-45(51(52,10)59)28(2)54(61-41)18-16-47(5,6)63-54/h27-35,40-42,44-45,57,59H,11-26H2,1-10H3/t27-,28-,29-,30-,31+,32+,33-,34+,35-,40-,41-,42+,44-,45-,48-,49-,50+,51-,52-,53+,54-/m0/s1. The number of ketones is 1. The van der Waals surface area contributed by atoms with E-state index in [9.17, 15) is 15.0 Å². The molecule has 5 heterocycles. The second-order valence-corrected chi connectivity index (χ2v) is 27.0. The number of aromatic nitrogens is 2. The minimum Gasteiger partial charge on any atom is -0.393 e. The van der Waals surface area contributed by atoms with E-state index in [4.69, 9.17) is 28.9 Å². The molecule has 2 N–H and O–H groups in total. The summed E-state index contributed by atoms with van der Waals surface area (Å²) in [5, 5.41) is 25.4. The van der Waals surface area contributed by atoms with Crippen LogP contribution in [-0.2, 0) is 49.4 Å². The average molecular weight is 867 g/mol. The first-order chi connectivity index (χ1) is 29.5. The van der Waals surface area contributed by atoms with Gasteiger partial charge in [-0.3, -0.25) is 14.8 Å². The topological polar surface area (TPSA) is 120 Å². The molecule has 12 aliphatic rings. The van der Waals surface area contributed by atoms with E-state index in [-0.39, 0.29) is 81.1 Å². The van der Waals surface area contributed by atoms with Gasteiger partial charge in [0, 0.05) is 48.3 Å². The Morgan fingerprint density at radius 2 is 1.16 bits per heavy atom. The molecule has 1 aromatic heterocycles. The average Bonchev–Trinajstić information content (AvgIpc) is 4.02. The van der Waals surface area contributed by atoms with Crippen molar-refractivity contribution in [2.75, 3.05) is 0 Å². The van der Waals surface area contributed by atoms with Gasteiger partial charge in [0.15, 0.2) is 11.6 Å². The van der Waals surface area contributed by atoms with Crippen LogP contribution in [-0.4, -0.2) is 72.7 Å². The molecule has 13 rings (SSSR count). The normalized spacial score (nSPS) is 58.6. The number of hydrogen-bond donors (Lipinski definition) is 2. The van der Waals surface area contributed by atoms with E-state index in [0.717, 1.165) is 77.0 Å². The van der Waals surface area contributed by atoms with Crippen LogP contribution in [0.25, 0.3) is 0 Å². The molecular formula is C54H78N2O7. The quantitative estimate of drug-likeness (QED) is 0.264. The van der Waals surface area contributed by atoms with Gasteiger partial charge < -0.3 is 29.2 Å². The molecule has 0 amide bonds. The minimum atomic E-state index is -1.14. The van der Waals surface area contributed by atoms with Crippen LogP contribution in [0.15, 0.2) is 0 Å². The first kappa shape index (κ1) is 41.7. The van der Waals surface area contributed by atoms with Crippen LogP contribution in [0.3, 0.4) is 0 Å². The van der Waals surface area contributed by atoms with Crippen molar-refractivity contribution in [1.29, 1.82) is 0 Å². The summed E-state index contributed by atoms with van der Waals surface area (Å²) in [6.07, 6.45) is 14.8.